The Bertz CT molecular complexity index is 686. The second kappa shape index (κ2) is 6.37. The van der Waals surface area contributed by atoms with Crippen LogP contribution in [-0.2, 0) is 11.0 Å². The van der Waals surface area contributed by atoms with Crippen LogP contribution in [0.5, 0.6) is 0 Å². The summed E-state index contributed by atoms with van der Waals surface area (Å²) >= 11 is 5.86. The molecule has 0 aliphatic heterocycles. The zero-order valence-corrected chi connectivity index (χ0v) is 14.4. The molecule has 1 aromatic heterocycles. The summed E-state index contributed by atoms with van der Waals surface area (Å²) in [5, 5.41) is 11.2. The SMILES string of the molecule is CC(C(C)(C)c1ccc(Cl)cc1)C(O)(c1ccccn1)C(F)(F)F. The molecule has 2 aromatic rings. The summed E-state index contributed by atoms with van der Waals surface area (Å²) in [6.45, 7) is 4.72. The van der Waals surface area contributed by atoms with E-state index >= 15 is 0 Å². The highest BCUT2D eigenvalue weighted by molar-refractivity contribution is 6.30. The zero-order chi connectivity index (χ0) is 18.2. The molecule has 24 heavy (non-hydrogen) atoms. The molecule has 0 aliphatic carbocycles. The van der Waals surface area contributed by atoms with Crippen LogP contribution in [0.2, 0.25) is 5.02 Å². The van der Waals surface area contributed by atoms with Gasteiger partial charge in [0.05, 0.1) is 5.69 Å². The number of rotatable bonds is 4. The van der Waals surface area contributed by atoms with Crippen LogP contribution >= 0.6 is 11.6 Å². The first-order chi connectivity index (χ1) is 11.0. The van der Waals surface area contributed by atoms with Gasteiger partial charge in [0.15, 0.2) is 0 Å². The Balaban J connectivity index is 2.56. The number of alkyl halides is 3. The summed E-state index contributed by atoms with van der Waals surface area (Å²) in [7, 11) is 0. The third-order valence-corrected chi connectivity index (χ3v) is 5.04. The molecule has 1 aromatic carbocycles. The highest BCUT2D eigenvalue weighted by Gasteiger charge is 2.62. The Morgan fingerprint density at radius 2 is 1.62 bits per heavy atom. The molecule has 0 bridgehead atoms. The van der Waals surface area contributed by atoms with Crippen molar-refractivity contribution in [2.75, 3.05) is 0 Å². The maximum atomic E-state index is 13.8. The summed E-state index contributed by atoms with van der Waals surface area (Å²) in [5.41, 5.74) is -3.81. The van der Waals surface area contributed by atoms with Crippen molar-refractivity contribution in [3.05, 3.63) is 64.9 Å². The first-order valence-corrected chi connectivity index (χ1v) is 7.85. The van der Waals surface area contributed by atoms with Gasteiger partial charge in [0.2, 0.25) is 5.60 Å². The Morgan fingerprint density at radius 3 is 2.08 bits per heavy atom. The van der Waals surface area contributed by atoms with E-state index in [9.17, 15) is 18.3 Å². The van der Waals surface area contributed by atoms with Crippen LogP contribution in [0, 0.1) is 5.92 Å². The van der Waals surface area contributed by atoms with Crippen molar-refractivity contribution in [2.45, 2.75) is 38.0 Å². The van der Waals surface area contributed by atoms with Crippen molar-refractivity contribution in [1.82, 2.24) is 4.98 Å². The van der Waals surface area contributed by atoms with Crippen molar-refractivity contribution in [2.24, 2.45) is 5.92 Å². The van der Waals surface area contributed by atoms with Gasteiger partial charge in [-0.2, -0.15) is 13.2 Å². The van der Waals surface area contributed by atoms with Gasteiger partial charge < -0.3 is 5.11 Å². The average molecular weight is 358 g/mol. The van der Waals surface area contributed by atoms with Gasteiger partial charge in [-0.25, -0.2) is 0 Å². The van der Waals surface area contributed by atoms with E-state index in [1.807, 2.05) is 0 Å². The van der Waals surface area contributed by atoms with E-state index < -0.39 is 28.8 Å². The molecule has 0 spiro atoms. The maximum absolute atomic E-state index is 13.8. The van der Waals surface area contributed by atoms with E-state index in [1.165, 1.54) is 31.3 Å². The molecule has 0 saturated heterocycles. The third kappa shape index (κ3) is 3.15. The summed E-state index contributed by atoms with van der Waals surface area (Å²) in [4.78, 5) is 3.77. The van der Waals surface area contributed by atoms with Crippen LogP contribution in [0.15, 0.2) is 48.7 Å². The lowest BCUT2D eigenvalue weighted by molar-refractivity contribution is -0.293. The van der Waals surface area contributed by atoms with Gasteiger partial charge in [0.1, 0.15) is 0 Å². The number of pyridine rings is 1. The second-order valence-electron chi connectivity index (χ2n) is 6.43. The standard InChI is InChI=1S/C18H19ClF3NO/c1-12(16(2,3)13-7-9-14(19)10-8-13)17(24,18(20,21)22)15-6-4-5-11-23-15/h4-12,24H,1-3H3. The molecule has 0 saturated carbocycles. The lowest BCUT2D eigenvalue weighted by Crippen LogP contribution is -2.53. The molecular formula is C18H19ClF3NO. The smallest absolute Gasteiger partial charge is 0.375 e. The third-order valence-electron chi connectivity index (χ3n) is 4.79. The van der Waals surface area contributed by atoms with E-state index in [-0.39, 0.29) is 0 Å². The predicted octanol–water partition coefficient (Wildman–Crippen LogP) is 5.10. The molecule has 0 radical (unpaired) electrons. The first kappa shape index (κ1) is 18.7. The van der Waals surface area contributed by atoms with Gasteiger partial charge in [-0.15, -0.1) is 0 Å². The van der Waals surface area contributed by atoms with Crippen molar-refractivity contribution in [1.29, 1.82) is 0 Å². The average Bonchev–Trinajstić information content (AvgIpc) is 2.53. The molecule has 2 nitrogen and oxygen atoms in total. The summed E-state index contributed by atoms with van der Waals surface area (Å²) in [6, 6.07) is 10.7. The van der Waals surface area contributed by atoms with Crippen molar-refractivity contribution in [3.63, 3.8) is 0 Å². The highest BCUT2D eigenvalue weighted by atomic mass is 35.5. The van der Waals surface area contributed by atoms with Crippen LogP contribution in [0.25, 0.3) is 0 Å². The Kier molecular flexibility index (Phi) is 4.98. The molecule has 6 heteroatoms. The fraction of sp³-hybridized carbons (Fsp3) is 0.389. The monoisotopic (exact) mass is 357 g/mol. The molecule has 130 valence electrons. The van der Waals surface area contributed by atoms with Gasteiger partial charge in [-0.05, 0) is 35.2 Å². The zero-order valence-electron chi connectivity index (χ0n) is 13.6. The van der Waals surface area contributed by atoms with Gasteiger partial charge in [0, 0.05) is 17.1 Å². The molecule has 0 aliphatic rings. The Labute approximate surface area is 144 Å². The number of nitrogens with zero attached hydrogens (tertiary/aromatic N) is 1. The van der Waals surface area contributed by atoms with Gasteiger partial charge >= 0.3 is 6.18 Å². The minimum atomic E-state index is -4.87. The number of aromatic nitrogens is 1. The summed E-state index contributed by atoms with van der Waals surface area (Å²) in [6.07, 6.45) is -3.63. The number of hydrogen-bond donors (Lipinski definition) is 1. The van der Waals surface area contributed by atoms with Crippen LogP contribution in [0.1, 0.15) is 32.0 Å². The number of aliphatic hydroxyl groups is 1. The molecule has 2 atom stereocenters. The lowest BCUT2D eigenvalue weighted by atomic mass is 9.65. The van der Waals surface area contributed by atoms with E-state index in [1.54, 1.807) is 38.1 Å². The minimum absolute atomic E-state index is 0.410. The molecule has 1 N–H and O–H groups in total. The van der Waals surface area contributed by atoms with Crippen molar-refractivity contribution < 1.29 is 18.3 Å². The normalized spacial score (nSPS) is 16.5. The topological polar surface area (TPSA) is 33.1 Å². The van der Waals surface area contributed by atoms with Crippen LogP contribution < -0.4 is 0 Å². The lowest BCUT2D eigenvalue weighted by Gasteiger charge is -2.44. The Morgan fingerprint density at radius 1 is 1.04 bits per heavy atom. The fourth-order valence-electron chi connectivity index (χ4n) is 2.85. The van der Waals surface area contributed by atoms with Crippen LogP contribution in [0.4, 0.5) is 13.2 Å². The number of hydrogen-bond acceptors (Lipinski definition) is 2. The van der Waals surface area contributed by atoms with E-state index in [4.69, 9.17) is 11.6 Å². The van der Waals surface area contributed by atoms with E-state index in [2.05, 4.69) is 4.98 Å². The fourth-order valence-corrected chi connectivity index (χ4v) is 2.98. The van der Waals surface area contributed by atoms with Gasteiger partial charge in [-0.3, -0.25) is 4.98 Å². The van der Waals surface area contributed by atoms with Crippen molar-refractivity contribution >= 4 is 11.6 Å². The number of benzene rings is 1. The summed E-state index contributed by atoms with van der Waals surface area (Å²) in [5.74, 6) is -1.19. The van der Waals surface area contributed by atoms with Gasteiger partial charge in [-0.1, -0.05) is 50.6 Å². The maximum Gasteiger partial charge on any atom is 0.423 e. The molecule has 1 heterocycles. The molecule has 0 fully saturated rings. The quantitative estimate of drug-likeness (QED) is 0.825. The molecule has 2 unspecified atom stereocenters. The largest absolute Gasteiger partial charge is 0.423 e. The van der Waals surface area contributed by atoms with Crippen LogP contribution in [-0.4, -0.2) is 16.3 Å². The second-order valence-corrected chi connectivity index (χ2v) is 6.87. The molecular weight excluding hydrogens is 339 g/mol. The highest BCUT2D eigenvalue weighted by Crippen LogP contribution is 2.50. The van der Waals surface area contributed by atoms with E-state index in [0.29, 0.717) is 10.6 Å². The minimum Gasteiger partial charge on any atom is -0.375 e. The predicted molar refractivity (Wildman–Crippen MR) is 87.8 cm³/mol. The summed E-state index contributed by atoms with van der Waals surface area (Å²) < 4.78 is 41.5. The molecule has 0 amide bonds. The van der Waals surface area contributed by atoms with E-state index in [0.717, 1.165) is 0 Å². The Hall–Kier alpha value is -1.59. The first-order valence-electron chi connectivity index (χ1n) is 7.48. The molecule has 2 rings (SSSR count). The van der Waals surface area contributed by atoms with Crippen LogP contribution in [0.3, 0.4) is 0 Å². The number of halogens is 4. The van der Waals surface area contributed by atoms with Gasteiger partial charge in [0.25, 0.3) is 0 Å². The van der Waals surface area contributed by atoms with Crippen molar-refractivity contribution in [3.8, 4) is 0 Å².